The third-order valence-corrected chi connectivity index (χ3v) is 3.55. The van der Waals surface area contributed by atoms with Gasteiger partial charge in [0.2, 0.25) is 0 Å². The van der Waals surface area contributed by atoms with Crippen molar-refractivity contribution in [2.45, 2.75) is 32.6 Å². The number of hydrogen-bond donors (Lipinski definition) is 0. The van der Waals surface area contributed by atoms with Gasteiger partial charge in [-0.1, -0.05) is 44.2 Å². The lowest BCUT2D eigenvalue weighted by atomic mass is 9.97. The maximum absolute atomic E-state index is 2.38. The lowest BCUT2D eigenvalue weighted by molar-refractivity contribution is 0.457. The lowest BCUT2D eigenvalue weighted by Gasteiger charge is -2.08. The first-order valence-corrected chi connectivity index (χ1v) is 5.32. The zero-order valence-electron chi connectivity index (χ0n) is 8.53. The van der Waals surface area contributed by atoms with Gasteiger partial charge in [0, 0.05) is 0 Å². The van der Waals surface area contributed by atoms with Gasteiger partial charge in [-0.15, -0.1) is 0 Å². The molecule has 1 saturated carbocycles. The second-order valence-corrected chi connectivity index (χ2v) is 4.53. The highest BCUT2D eigenvalue weighted by Crippen LogP contribution is 2.41. The minimum absolute atomic E-state index is 0.825. The minimum atomic E-state index is 0.825. The van der Waals surface area contributed by atoms with Crippen molar-refractivity contribution in [1.29, 1.82) is 0 Å². The van der Waals surface area contributed by atoms with Gasteiger partial charge >= 0.3 is 0 Å². The molecule has 0 heterocycles. The summed E-state index contributed by atoms with van der Waals surface area (Å²) in [6.07, 6.45) is 2.76. The second kappa shape index (κ2) is 3.53. The average Bonchev–Trinajstić information content (AvgIpc) is 2.49. The van der Waals surface area contributed by atoms with E-state index in [-0.39, 0.29) is 0 Å². The van der Waals surface area contributed by atoms with Gasteiger partial charge in [-0.2, -0.15) is 0 Å². The van der Waals surface area contributed by atoms with E-state index in [2.05, 4.69) is 44.2 Å². The molecular formula is C13H18. The molecule has 1 aromatic carbocycles. The van der Waals surface area contributed by atoms with Crippen molar-refractivity contribution in [1.82, 2.24) is 0 Å². The highest BCUT2D eigenvalue weighted by Gasteiger charge is 2.28. The van der Waals surface area contributed by atoms with Crippen LogP contribution in [-0.4, -0.2) is 0 Å². The highest BCUT2D eigenvalue weighted by atomic mass is 14.3. The van der Waals surface area contributed by atoms with Gasteiger partial charge in [0.05, 0.1) is 0 Å². The van der Waals surface area contributed by atoms with Crippen molar-refractivity contribution in [3.63, 3.8) is 0 Å². The standard InChI is InChI=1S/C13H18/c1-10-8-13(9-11(10)2)12-6-4-3-5-7-12/h3-7,10-11,13H,8-9H2,1-2H3/t10-,11?,13?/m1/s1. The van der Waals surface area contributed by atoms with E-state index >= 15 is 0 Å². The molecule has 0 radical (unpaired) electrons. The molecule has 0 spiro atoms. The van der Waals surface area contributed by atoms with Crippen LogP contribution in [0.15, 0.2) is 30.3 Å². The van der Waals surface area contributed by atoms with Crippen LogP contribution >= 0.6 is 0 Å². The van der Waals surface area contributed by atoms with E-state index in [4.69, 9.17) is 0 Å². The summed E-state index contributed by atoms with van der Waals surface area (Å²) < 4.78 is 0. The molecule has 0 aliphatic heterocycles. The molecule has 1 aliphatic carbocycles. The van der Waals surface area contributed by atoms with Crippen LogP contribution in [0, 0.1) is 11.8 Å². The molecule has 2 unspecified atom stereocenters. The summed E-state index contributed by atoms with van der Waals surface area (Å²) >= 11 is 0. The van der Waals surface area contributed by atoms with Gasteiger partial charge < -0.3 is 0 Å². The third kappa shape index (κ3) is 1.77. The first-order chi connectivity index (χ1) is 6.27. The van der Waals surface area contributed by atoms with E-state index in [0.717, 1.165) is 17.8 Å². The minimum Gasteiger partial charge on any atom is -0.0622 e. The maximum Gasteiger partial charge on any atom is -0.0157 e. The van der Waals surface area contributed by atoms with Crippen LogP contribution in [0.25, 0.3) is 0 Å². The van der Waals surface area contributed by atoms with Crippen molar-refractivity contribution in [3.05, 3.63) is 35.9 Å². The fourth-order valence-corrected chi connectivity index (χ4v) is 2.46. The van der Waals surface area contributed by atoms with Gasteiger partial charge in [0.25, 0.3) is 0 Å². The smallest absolute Gasteiger partial charge is 0.0157 e. The van der Waals surface area contributed by atoms with Crippen LogP contribution in [0.3, 0.4) is 0 Å². The summed E-state index contributed by atoms with van der Waals surface area (Å²) in [5, 5.41) is 0. The molecule has 0 aromatic heterocycles. The zero-order valence-corrected chi connectivity index (χ0v) is 8.53. The summed E-state index contributed by atoms with van der Waals surface area (Å²) in [6, 6.07) is 11.0. The molecule has 1 aromatic rings. The van der Waals surface area contributed by atoms with Gasteiger partial charge in [0.1, 0.15) is 0 Å². The SMILES string of the molecule is CC1CC(c2ccccc2)C[C@H]1C. The summed E-state index contributed by atoms with van der Waals surface area (Å²) in [4.78, 5) is 0. The molecule has 3 atom stereocenters. The molecule has 13 heavy (non-hydrogen) atoms. The largest absolute Gasteiger partial charge is 0.0622 e. The van der Waals surface area contributed by atoms with Gasteiger partial charge in [-0.25, -0.2) is 0 Å². The van der Waals surface area contributed by atoms with Gasteiger partial charge in [0.15, 0.2) is 0 Å². The Labute approximate surface area is 81.0 Å². The van der Waals surface area contributed by atoms with Gasteiger partial charge in [-0.3, -0.25) is 0 Å². The van der Waals surface area contributed by atoms with Crippen molar-refractivity contribution < 1.29 is 0 Å². The Morgan fingerprint density at radius 3 is 2.00 bits per heavy atom. The quantitative estimate of drug-likeness (QED) is 0.607. The van der Waals surface area contributed by atoms with Crippen LogP contribution in [0.4, 0.5) is 0 Å². The van der Waals surface area contributed by atoms with E-state index in [1.807, 2.05) is 0 Å². The number of benzene rings is 1. The van der Waals surface area contributed by atoms with E-state index in [1.165, 1.54) is 12.8 Å². The normalized spacial score (nSPS) is 33.5. The summed E-state index contributed by atoms with van der Waals surface area (Å²) in [5.74, 6) is 2.64. The monoisotopic (exact) mass is 174 g/mol. The van der Waals surface area contributed by atoms with Crippen LogP contribution < -0.4 is 0 Å². The Bertz CT molecular complexity index is 253. The van der Waals surface area contributed by atoms with E-state index in [0.29, 0.717) is 0 Å². The fraction of sp³-hybridized carbons (Fsp3) is 0.538. The number of rotatable bonds is 1. The van der Waals surface area contributed by atoms with Crippen LogP contribution in [0.1, 0.15) is 38.2 Å². The first kappa shape index (κ1) is 8.80. The maximum atomic E-state index is 2.38. The molecule has 1 fully saturated rings. The fourth-order valence-electron chi connectivity index (χ4n) is 2.46. The Morgan fingerprint density at radius 1 is 0.923 bits per heavy atom. The Balaban J connectivity index is 2.12. The molecular weight excluding hydrogens is 156 g/mol. The summed E-state index contributed by atoms with van der Waals surface area (Å²) in [5.41, 5.74) is 1.54. The predicted octanol–water partition coefficient (Wildman–Crippen LogP) is 3.84. The van der Waals surface area contributed by atoms with E-state index in [1.54, 1.807) is 5.56 Å². The van der Waals surface area contributed by atoms with Crippen molar-refractivity contribution in [2.75, 3.05) is 0 Å². The van der Waals surface area contributed by atoms with Gasteiger partial charge in [-0.05, 0) is 36.2 Å². The molecule has 70 valence electrons. The molecule has 0 amide bonds. The second-order valence-electron chi connectivity index (χ2n) is 4.53. The first-order valence-electron chi connectivity index (χ1n) is 5.32. The predicted molar refractivity (Wildman–Crippen MR) is 56.7 cm³/mol. The molecule has 2 rings (SSSR count). The van der Waals surface area contributed by atoms with Crippen LogP contribution in [0.5, 0.6) is 0 Å². The molecule has 0 bridgehead atoms. The van der Waals surface area contributed by atoms with Crippen LogP contribution in [0.2, 0.25) is 0 Å². The summed E-state index contributed by atoms with van der Waals surface area (Å²) in [7, 11) is 0. The molecule has 0 heteroatoms. The van der Waals surface area contributed by atoms with Crippen LogP contribution in [-0.2, 0) is 0 Å². The third-order valence-electron chi connectivity index (χ3n) is 3.55. The lowest BCUT2D eigenvalue weighted by Crippen LogP contribution is -1.95. The van der Waals surface area contributed by atoms with E-state index < -0.39 is 0 Å². The Kier molecular flexibility index (Phi) is 2.39. The van der Waals surface area contributed by atoms with Crippen molar-refractivity contribution in [2.24, 2.45) is 11.8 Å². The Morgan fingerprint density at radius 2 is 1.46 bits per heavy atom. The highest BCUT2D eigenvalue weighted by molar-refractivity contribution is 5.20. The Hall–Kier alpha value is -0.780. The molecule has 1 aliphatic rings. The average molecular weight is 174 g/mol. The number of hydrogen-bond acceptors (Lipinski definition) is 0. The zero-order chi connectivity index (χ0) is 9.26. The molecule has 0 saturated heterocycles. The van der Waals surface area contributed by atoms with Crippen molar-refractivity contribution >= 4 is 0 Å². The van der Waals surface area contributed by atoms with Crippen molar-refractivity contribution in [3.8, 4) is 0 Å². The molecule has 0 nitrogen and oxygen atoms in total. The molecule has 0 N–H and O–H groups in total. The van der Waals surface area contributed by atoms with E-state index in [9.17, 15) is 0 Å². The summed E-state index contributed by atoms with van der Waals surface area (Å²) in [6.45, 7) is 4.77. The topological polar surface area (TPSA) is 0 Å².